The Morgan fingerprint density at radius 3 is 2.67 bits per heavy atom. The van der Waals surface area contributed by atoms with Gasteiger partial charge < -0.3 is 9.84 Å². The molecule has 2 nitrogen and oxygen atoms in total. The average Bonchev–Trinajstić information content (AvgIpc) is 1.78. The van der Waals surface area contributed by atoms with Crippen molar-refractivity contribution in [3.63, 3.8) is 0 Å². The van der Waals surface area contributed by atoms with Gasteiger partial charge >= 0.3 is 0 Å². The minimum absolute atomic E-state index is 0.158. The maximum Gasteiger partial charge on any atom is 0.0701 e. The molecule has 0 aromatic rings. The van der Waals surface area contributed by atoms with Gasteiger partial charge in [0, 0.05) is 0 Å². The largest absolute Gasteiger partial charge is 0.394 e. The van der Waals surface area contributed by atoms with Crippen LogP contribution in [-0.4, -0.2) is 24.4 Å². The summed E-state index contributed by atoms with van der Waals surface area (Å²) in [4.78, 5) is 0. The smallest absolute Gasteiger partial charge is 0.0701 e. The molecule has 9 heavy (non-hydrogen) atoms. The Hall–Kier alpha value is -0.0800. The van der Waals surface area contributed by atoms with Crippen LogP contribution in [0.15, 0.2) is 0 Å². The highest BCUT2D eigenvalue weighted by molar-refractivity contribution is 4.76. The van der Waals surface area contributed by atoms with Gasteiger partial charge in [-0.3, -0.25) is 0 Å². The molecular weight excluding hydrogens is 116 g/mol. The molecule has 0 saturated heterocycles. The first-order chi connectivity index (χ1) is 4.33. The van der Waals surface area contributed by atoms with Crippen molar-refractivity contribution in [3.05, 3.63) is 0 Å². The van der Waals surface area contributed by atoms with Crippen molar-refractivity contribution in [1.82, 2.24) is 0 Å². The minimum Gasteiger partial charge on any atom is -0.394 e. The van der Waals surface area contributed by atoms with Crippen LogP contribution in [-0.2, 0) is 4.74 Å². The Kier molecular flexibility index (Phi) is 2.49. The van der Waals surface area contributed by atoms with Gasteiger partial charge in [-0.15, -0.1) is 0 Å². The van der Waals surface area contributed by atoms with E-state index in [-0.39, 0.29) is 6.61 Å². The van der Waals surface area contributed by atoms with Crippen molar-refractivity contribution in [2.24, 2.45) is 5.92 Å². The van der Waals surface area contributed by atoms with Crippen molar-refractivity contribution in [2.45, 2.75) is 25.9 Å². The molecule has 0 spiro atoms. The maximum absolute atomic E-state index is 8.38. The standard InChI is InChI=1S/C7H14O2/c1-6-4-7(5-6)9-3-2-8/h6-8H,2-5H2,1H3. The molecule has 0 aliphatic heterocycles. The quantitative estimate of drug-likeness (QED) is 0.612. The van der Waals surface area contributed by atoms with Crippen LogP contribution >= 0.6 is 0 Å². The molecule has 0 aromatic heterocycles. The second-order valence-corrected chi connectivity index (χ2v) is 2.79. The molecule has 0 aromatic carbocycles. The van der Waals surface area contributed by atoms with E-state index in [0.29, 0.717) is 12.7 Å². The lowest BCUT2D eigenvalue weighted by atomic mass is 9.84. The summed E-state index contributed by atoms with van der Waals surface area (Å²) >= 11 is 0. The van der Waals surface area contributed by atoms with Crippen LogP contribution in [0.5, 0.6) is 0 Å². The fourth-order valence-electron chi connectivity index (χ4n) is 1.18. The molecule has 1 N–H and O–H groups in total. The van der Waals surface area contributed by atoms with E-state index in [2.05, 4.69) is 6.92 Å². The number of hydrogen-bond donors (Lipinski definition) is 1. The van der Waals surface area contributed by atoms with Gasteiger partial charge in [0.15, 0.2) is 0 Å². The van der Waals surface area contributed by atoms with E-state index >= 15 is 0 Å². The lowest BCUT2D eigenvalue weighted by Crippen LogP contribution is -2.30. The molecule has 54 valence electrons. The normalized spacial score (nSPS) is 34.0. The third-order valence-corrected chi connectivity index (χ3v) is 1.78. The number of ether oxygens (including phenoxy) is 1. The summed E-state index contributed by atoms with van der Waals surface area (Å²) in [7, 11) is 0. The highest BCUT2D eigenvalue weighted by Crippen LogP contribution is 2.28. The molecule has 1 rings (SSSR count). The summed E-state index contributed by atoms with van der Waals surface area (Å²) < 4.78 is 5.25. The molecule has 1 saturated carbocycles. The van der Waals surface area contributed by atoms with Crippen LogP contribution in [0.4, 0.5) is 0 Å². The van der Waals surface area contributed by atoms with Crippen LogP contribution < -0.4 is 0 Å². The highest BCUT2D eigenvalue weighted by atomic mass is 16.5. The van der Waals surface area contributed by atoms with E-state index in [1.165, 1.54) is 12.8 Å². The summed E-state index contributed by atoms with van der Waals surface area (Å²) in [6.45, 7) is 2.89. The summed E-state index contributed by atoms with van der Waals surface area (Å²) in [5.41, 5.74) is 0. The van der Waals surface area contributed by atoms with Gasteiger partial charge in [-0.1, -0.05) is 6.92 Å². The summed E-state index contributed by atoms with van der Waals surface area (Å²) in [5, 5.41) is 8.38. The second kappa shape index (κ2) is 3.18. The van der Waals surface area contributed by atoms with Crippen molar-refractivity contribution < 1.29 is 9.84 Å². The molecule has 0 amide bonds. The van der Waals surface area contributed by atoms with Crippen LogP contribution in [0.25, 0.3) is 0 Å². The Bertz CT molecular complexity index is 77.0. The molecule has 0 unspecified atom stereocenters. The Balaban J connectivity index is 1.91. The van der Waals surface area contributed by atoms with Gasteiger partial charge in [-0.05, 0) is 18.8 Å². The third kappa shape index (κ3) is 1.95. The molecular formula is C7H14O2. The molecule has 0 bridgehead atoms. The predicted octanol–water partition coefficient (Wildman–Crippen LogP) is 0.794. The van der Waals surface area contributed by atoms with Gasteiger partial charge in [-0.25, -0.2) is 0 Å². The topological polar surface area (TPSA) is 29.5 Å². The molecule has 0 atom stereocenters. The minimum atomic E-state index is 0.158. The fourth-order valence-corrected chi connectivity index (χ4v) is 1.18. The molecule has 1 fully saturated rings. The van der Waals surface area contributed by atoms with E-state index in [4.69, 9.17) is 9.84 Å². The average molecular weight is 130 g/mol. The monoisotopic (exact) mass is 130 g/mol. The second-order valence-electron chi connectivity index (χ2n) is 2.79. The molecule has 0 heterocycles. The number of hydrogen-bond acceptors (Lipinski definition) is 2. The zero-order valence-electron chi connectivity index (χ0n) is 5.84. The molecule has 2 heteroatoms. The van der Waals surface area contributed by atoms with E-state index in [1.54, 1.807) is 0 Å². The number of aliphatic hydroxyl groups excluding tert-OH is 1. The predicted molar refractivity (Wildman–Crippen MR) is 35.2 cm³/mol. The van der Waals surface area contributed by atoms with E-state index in [1.807, 2.05) is 0 Å². The van der Waals surface area contributed by atoms with Gasteiger partial charge in [0.05, 0.1) is 19.3 Å². The number of aliphatic hydroxyl groups is 1. The SMILES string of the molecule is CC1CC(OCCO)C1. The molecule has 1 aliphatic rings. The fraction of sp³-hybridized carbons (Fsp3) is 1.00. The van der Waals surface area contributed by atoms with Crippen LogP contribution in [0.2, 0.25) is 0 Å². The van der Waals surface area contributed by atoms with Crippen LogP contribution in [0, 0.1) is 5.92 Å². The van der Waals surface area contributed by atoms with Crippen molar-refractivity contribution in [3.8, 4) is 0 Å². The summed E-state index contributed by atoms with van der Waals surface area (Å²) in [5.74, 6) is 0.841. The molecule has 1 aliphatic carbocycles. The number of rotatable bonds is 3. The van der Waals surface area contributed by atoms with Crippen molar-refractivity contribution in [1.29, 1.82) is 0 Å². The van der Waals surface area contributed by atoms with E-state index < -0.39 is 0 Å². The molecule has 0 radical (unpaired) electrons. The van der Waals surface area contributed by atoms with E-state index in [9.17, 15) is 0 Å². The summed E-state index contributed by atoms with van der Waals surface area (Å²) in [6.07, 6.45) is 2.81. The first kappa shape index (κ1) is 7.03. The van der Waals surface area contributed by atoms with Gasteiger partial charge in [-0.2, -0.15) is 0 Å². The first-order valence-corrected chi connectivity index (χ1v) is 3.55. The van der Waals surface area contributed by atoms with Crippen molar-refractivity contribution >= 4 is 0 Å². The summed E-state index contributed by atoms with van der Waals surface area (Å²) in [6, 6.07) is 0. The Morgan fingerprint density at radius 1 is 1.56 bits per heavy atom. The zero-order chi connectivity index (χ0) is 6.69. The van der Waals surface area contributed by atoms with Gasteiger partial charge in [0.2, 0.25) is 0 Å². The third-order valence-electron chi connectivity index (χ3n) is 1.78. The lowest BCUT2D eigenvalue weighted by molar-refractivity contribution is -0.0378. The van der Waals surface area contributed by atoms with E-state index in [0.717, 1.165) is 5.92 Å². The Labute approximate surface area is 55.8 Å². The van der Waals surface area contributed by atoms with Gasteiger partial charge in [0.1, 0.15) is 0 Å². The maximum atomic E-state index is 8.38. The van der Waals surface area contributed by atoms with Crippen LogP contribution in [0.1, 0.15) is 19.8 Å². The van der Waals surface area contributed by atoms with Crippen LogP contribution in [0.3, 0.4) is 0 Å². The first-order valence-electron chi connectivity index (χ1n) is 3.55. The van der Waals surface area contributed by atoms with Crippen molar-refractivity contribution in [2.75, 3.05) is 13.2 Å². The lowest BCUT2D eigenvalue weighted by Gasteiger charge is -2.32. The van der Waals surface area contributed by atoms with Gasteiger partial charge in [0.25, 0.3) is 0 Å². The highest BCUT2D eigenvalue weighted by Gasteiger charge is 2.25. The Morgan fingerprint density at radius 2 is 2.22 bits per heavy atom. The zero-order valence-corrected chi connectivity index (χ0v) is 5.84.